The van der Waals surface area contributed by atoms with Crippen LogP contribution < -0.4 is 5.73 Å². The second-order valence-electron chi connectivity index (χ2n) is 3.82. The maximum absolute atomic E-state index is 11.0. The average Bonchev–Trinajstić information content (AvgIpc) is 2.82. The minimum Gasteiger partial charge on any atom is -0.480 e. The van der Waals surface area contributed by atoms with Crippen LogP contribution in [0.15, 0.2) is 24.3 Å². The Labute approximate surface area is 96.7 Å². The van der Waals surface area contributed by atoms with Crippen LogP contribution in [0, 0.1) is 0 Å². The van der Waals surface area contributed by atoms with Crippen LogP contribution in [0.25, 0.3) is 11.4 Å². The van der Waals surface area contributed by atoms with Crippen LogP contribution in [0.5, 0.6) is 0 Å². The Kier molecular flexibility index (Phi) is 2.60. The molecule has 7 heteroatoms. The van der Waals surface area contributed by atoms with Gasteiger partial charge in [-0.25, -0.2) is 4.79 Å². The normalized spacial score (nSPS) is 14.2. The highest BCUT2D eigenvalue weighted by atomic mass is 16.4. The maximum atomic E-state index is 11.0. The lowest BCUT2D eigenvalue weighted by Gasteiger charge is -2.19. The van der Waals surface area contributed by atoms with Gasteiger partial charge in [-0.1, -0.05) is 24.3 Å². The molecular weight excluding hydrogens is 222 g/mol. The highest BCUT2D eigenvalue weighted by Crippen LogP contribution is 2.21. The smallest absolute Gasteiger partial charge is 0.328 e. The topological polar surface area (TPSA) is 118 Å². The van der Waals surface area contributed by atoms with Crippen molar-refractivity contribution in [2.75, 3.05) is 0 Å². The van der Waals surface area contributed by atoms with Gasteiger partial charge in [0.25, 0.3) is 0 Å². The molecule has 0 aliphatic heterocycles. The predicted octanol–water partition coefficient (Wildman–Crippen LogP) is 0.125. The lowest BCUT2D eigenvalue weighted by molar-refractivity contribution is -0.143. The fourth-order valence-corrected chi connectivity index (χ4v) is 1.37. The van der Waals surface area contributed by atoms with E-state index in [4.69, 9.17) is 10.8 Å². The predicted molar refractivity (Wildman–Crippen MR) is 58.8 cm³/mol. The summed E-state index contributed by atoms with van der Waals surface area (Å²) < 4.78 is 0. The Balaban J connectivity index is 2.34. The minimum atomic E-state index is -1.41. The van der Waals surface area contributed by atoms with E-state index in [1.807, 2.05) is 0 Å². The summed E-state index contributed by atoms with van der Waals surface area (Å²) in [5.41, 5.74) is 5.54. The Morgan fingerprint density at radius 1 is 1.41 bits per heavy atom. The Morgan fingerprint density at radius 2 is 2.06 bits per heavy atom. The van der Waals surface area contributed by atoms with Crippen molar-refractivity contribution in [3.63, 3.8) is 0 Å². The number of benzene rings is 1. The standard InChI is InChI=1S/C10H11N5O2/c1-10(11,9(16)17)7-4-2-6(3-5-7)8-12-14-15-13-8/h2-5H,11H2,1H3,(H,16,17)(H,12,13,14,15)/t10-/m0/s1. The summed E-state index contributed by atoms with van der Waals surface area (Å²) in [6.07, 6.45) is 0. The van der Waals surface area contributed by atoms with Gasteiger partial charge < -0.3 is 10.8 Å². The number of nitrogens with two attached hydrogens (primary N) is 1. The zero-order chi connectivity index (χ0) is 12.5. The Hall–Kier alpha value is -2.28. The molecule has 2 rings (SSSR count). The summed E-state index contributed by atoms with van der Waals surface area (Å²) in [7, 11) is 0. The third-order valence-corrected chi connectivity index (χ3v) is 2.53. The molecular formula is C10H11N5O2. The molecule has 0 aliphatic carbocycles. The number of nitrogens with zero attached hydrogens (tertiary/aromatic N) is 3. The number of nitrogens with one attached hydrogen (secondary N) is 1. The molecule has 1 aromatic heterocycles. The van der Waals surface area contributed by atoms with E-state index in [0.29, 0.717) is 11.4 Å². The van der Waals surface area contributed by atoms with Gasteiger partial charge in [-0.15, -0.1) is 10.2 Å². The van der Waals surface area contributed by atoms with Crippen molar-refractivity contribution < 1.29 is 9.90 Å². The van der Waals surface area contributed by atoms with Crippen molar-refractivity contribution in [3.8, 4) is 11.4 Å². The van der Waals surface area contributed by atoms with Crippen LogP contribution in [0.1, 0.15) is 12.5 Å². The molecule has 1 heterocycles. The molecule has 17 heavy (non-hydrogen) atoms. The quantitative estimate of drug-likeness (QED) is 0.693. The van der Waals surface area contributed by atoms with Crippen molar-refractivity contribution in [1.29, 1.82) is 0 Å². The minimum absolute atomic E-state index is 0.450. The molecule has 0 fully saturated rings. The summed E-state index contributed by atoms with van der Waals surface area (Å²) in [5.74, 6) is -0.629. The highest BCUT2D eigenvalue weighted by Gasteiger charge is 2.29. The summed E-state index contributed by atoms with van der Waals surface area (Å²) in [5, 5.41) is 22.4. The van der Waals surface area contributed by atoms with Crippen LogP contribution in [0.3, 0.4) is 0 Å². The van der Waals surface area contributed by atoms with E-state index in [1.165, 1.54) is 6.92 Å². The fourth-order valence-electron chi connectivity index (χ4n) is 1.37. The first-order valence-corrected chi connectivity index (χ1v) is 4.88. The van der Waals surface area contributed by atoms with Gasteiger partial charge in [-0.2, -0.15) is 5.21 Å². The number of hydrogen-bond donors (Lipinski definition) is 3. The number of aromatic nitrogens is 4. The van der Waals surface area contributed by atoms with Crippen molar-refractivity contribution in [1.82, 2.24) is 20.6 Å². The second-order valence-corrected chi connectivity index (χ2v) is 3.82. The van der Waals surface area contributed by atoms with Crippen molar-refractivity contribution in [2.45, 2.75) is 12.5 Å². The zero-order valence-corrected chi connectivity index (χ0v) is 9.08. The number of rotatable bonds is 3. The molecule has 7 nitrogen and oxygen atoms in total. The molecule has 4 N–H and O–H groups in total. The lowest BCUT2D eigenvalue weighted by Crippen LogP contribution is -2.41. The number of carboxylic acids is 1. The van der Waals surface area contributed by atoms with Gasteiger partial charge in [-0.3, -0.25) is 0 Å². The number of aliphatic carboxylic acids is 1. The Morgan fingerprint density at radius 3 is 2.53 bits per heavy atom. The molecule has 2 aromatic rings. The van der Waals surface area contributed by atoms with Crippen LogP contribution in [0.2, 0.25) is 0 Å². The van der Waals surface area contributed by atoms with Crippen LogP contribution in [0.4, 0.5) is 0 Å². The Bertz CT molecular complexity index is 518. The largest absolute Gasteiger partial charge is 0.480 e. The summed E-state index contributed by atoms with van der Waals surface area (Å²) in [4.78, 5) is 11.0. The summed E-state index contributed by atoms with van der Waals surface area (Å²) >= 11 is 0. The van der Waals surface area contributed by atoms with Crippen LogP contribution >= 0.6 is 0 Å². The first-order valence-electron chi connectivity index (χ1n) is 4.88. The lowest BCUT2D eigenvalue weighted by atomic mass is 9.92. The number of carboxylic acid groups (broad SMARTS) is 1. The van der Waals surface area contributed by atoms with E-state index in [9.17, 15) is 4.79 Å². The number of aromatic amines is 1. The number of H-pyrrole nitrogens is 1. The molecule has 0 saturated carbocycles. The molecule has 0 spiro atoms. The molecule has 0 saturated heterocycles. The molecule has 1 aromatic carbocycles. The highest BCUT2D eigenvalue weighted by molar-refractivity contribution is 5.80. The van der Waals surface area contributed by atoms with Gasteiger partial charge in [0.1, 0.15) is 5.54 Å². The van der Waals surface area contributed by atoms with Crippen molar-refractivity contribution in [3.05, 3.63) is 29.8 Å². The number of tetrazole rings is 1. The molecule has 0 aliphatic rings. The molecule has 0 amide bonds. The first-order chi connectivity index (χ1) is 8.01. The van der Waals surface area contributed by atoms with E-state index in [1.54, 1.807) is 24.3 Å². The van der Waals surface area contributed by atoms with Gasteiger partial charge in [-0.05, 0) is 17.7 Å². The van der Waals surface area contributed by atoms with E-state index in [0.717, 1.165) is 5.56 Å². The molecule has 0 bridgehead atoms. The molecule has 1 atom stereocenters. The molecule has 0 radical (unpaired) electrons. The van der Waals surface area contributed by atoms with Crippen LogP contribution in [-0.4, -0.2) is 31.7 Å². The van der Waals surface area contributed by atoms with Gasteiger partial charge in [0.15, 0.2) is 0 Å². The van der Waals surface area contributed by atoms with Gasteiger partial charge in [0.2, 0.25) is 5.82 Å². The monoisotopic (exact) mass is 233 g/mol. The third-order valence-electron chi connectivity index (χ3n) is 2.53. The van der Waals surface area contributed by atoms with Crippen LogP contribution in [-0.2, 0) is 10.3 Å². The number of hydrogen-bond acceptors (Lipinski definition) is 5. The fraction of sp³-hybridized carbons (Fsp3) is 0.200. The van der Waals surface area contributed by atoms with Gasteiger partial charge >= 0.3 is 5.97 Å². The molecule has 88 valence electrons. The van der Waals surface area contributed by atoms with E-state index >= 15 is 0 Å². The second kappa shape index (κ2) is 3.95. The van der Waals surface area contributed by atoms with Crippen molar-refractivity contribution in [2.24, 2.45) is 5.73 Å². The van der Waals surface area contributed by atoms with E-state index in [2.05, 4.69) is 20.6 Å². The zero-order valence-electron chi connectivity index (χ0n) is 9.08. The third kappa shape index (κ3) is 2.00. The molecule has 0 unspecified atom stereocenters. The van der Waals surface area contributed by atoms with E-state index in [-0.39, 0.29) is 0 Å². The number of carbonyl (C=O) groups is 1. The summed E-state index contributed by atoms with van der Waals surface area (Å²) in [6, 6.07) is 6.68. The van der Waals surface area contributed by atoms with Crippen molar-refractivity contribution >= 4 is 5.97 Å². The van der Waals surface area contributed by atoms with Gasteiger partial charge in [0.05, 0.1) is 0 Å². The maximum Gasteiger partial charge on any atom is 0.328 e. The SMILES string of the molecule is C[C@@](N)(C(=O)O)c1ccc(-c2nn[nH]n2)cc1. The van der Waals surface area contributed by atoms with E-state index < -0.39 is 11.5 Å². The average molecular weight is 233 g/mol. The summed E-state index contributed by atoms with van der Waals surface area (Å²) in [6.45, 7) is 1.44. The van der Waals surface area contributed by atoms with Gasteiger partial charge in [0, 0.05) is 5.56 Å². The first kappa shape index (κ1) is 11.2.